The lowest BCUT2D eigenvalue weighted by molar-refractivity contribution is -0.137. The van der Waals surface area contributed by atoms with Crippen LogP contribution in [0.1, 0.15) is 24.3 Å². The maximum atomic E-state index is 13.0. The van der Waals surface area contributed by atoms with Gasteiger partial charge in [0.1, 0.15) is 11.3 Å². The number of carbonyl (C=O) groups is 1. The Hall–Kier alpha value is -2.80. The molecule has 4 nitrogen and oxygen atoms in total. The molecule has 1 unspecified atom stereocenters. The summed E-state index contributed by atoms with van der Waals surface area (Å²) in [5.74, 6) is 0.152. The summed E-state index contributed by atoms with van der Waals surface area (Å²) in [6.45, 7) is 1.79. The van der Waals surface area contributed by atoms with Crippen LogP contribution in [0.5, 0.6) is 0 Å². The Bertz CT molecular complexity index is 917. The Morgan fingerprint density at radius 1 is 1.15 bits per heavy atom. The molecule has 0 saturated heterocycles. The number of benzene rings is 2. The summed E-state index contributed by atoms with van der Waals surface area (Å²) < 4.78 is 44.9. The third-order valence-electron chi connectivity index (χ3n) is 4.42. The fourth-order valence-corrected chi connectivity index (χ4v) is 2.82. The van der Waals surface area contributed by atoms with Crippen LogP contribution in [-0.2, 0) is 11.0 Å². The minimum absolute atomic E-state index is 0.0790. The molecular formula is C20H19F3N2O2. The summed E-state index contributed by atoms with van der Waals surface area (Å²) in [7, 11) is 1.72. The van der Waals surface area contributed by atoms with Crippen molar-refractivity contribution in [1.29, 1.82) is 0 Å². The summed E-state index contributed by atoms with van der Waals surface area (Å²) in [5.41, 5.74) is -0.373. The molecule has 2 aromatic carbocycles. The number of anilines is 1. The van der Waals surface area contributed by atoms with E-state index in [9.17, 15) is 18.0 Å². The summed E-state index contributed by atoms with van der Waals surface area (Å²) in [5, 5.41) is 3.30. The molecule has 0 radical (unpaired) electrons. The summed E-state index contributed by atoms with van der Waals surface area (Å²) >= 11 is 0. The molecule has 0 aliphatic carbocycles. The van der Waals surface area contributed by atoms with Gasteiger partial charge in [-0.1, -0.05) is 30.3 Å². The number of nitrogens with one attached hydrogen (secondary N) is 1. The molecule has 1 amide bonds. The zero-order valence-electron chi connectivity index (χ0n) is 14.9. The maximum absolute atomic E-state index is 13.0. The highest BCUT2D eigenvalue weighted by Gasteiger charge is 2.33. The fourth-order valence-electron chi connectivity index (χ4n) is 2.82. The Morgan fingerprint density at radius 2 is 1.81 bits per heavy atom. The summed E-state index contributed by atoms with van der Waals surface area (Å²) in [6, 6.07) is 14.1. The van der Waals surface area contributed by atoms with Crippen molar-refractivity contribution in [2.75, 3.05) is 18.9 Å². The van der Waals surface area contributed by atoms with Crippen LogP contribution in [0.25, 0.3) is 11.0 Å². The van der Waals surface area contributed by atoms with Gasteiger partial charge in [0, 0.05) is 5.39 Å². The Labute approximate surface area is 154 Å². The second-order valence-electron chi connectivity index (χ2n) is 6.37. The second-order valence-corrected chi connectivity index (χ2v) is 6.37. The number of amides is 1. The number of fused-ring (bicyclic) bond motifs is 1. The molecule has 3 rings (SSSR count). The van der Waals surface area contributed by atoms with Crippen molar-refractivity contribution in [3.63, 3.8) is 0 Å². The van der Waals surface area contributed by atoms with E-state index in [1.54, 1.807) is 11.9 Å². The van der Waals surface area contributed by atoms with Gasteiger partial charge in [-0.05, 0) is 38.2 Å². The van der Waals surface area contributed by atoms with Crippen LogP contribution in [0, 0.1) is 0 Å². The first-order valence-corrected chi connectivity index (χ1v) is 8.40. The monoisotopic (exact) mass is 376 g/mol. The van der Waals surface area contributed by atoms with Crippen molar-refractivity contribution < 1.29 is 22.4 Å². The molecule has 1 atom stereocenters. The van der Waals surface area contributed by atoms with E-state index in [-0.39, 0.29) is 18.3 Å². The van der Waals surface area contributed by atoms with Crippen molar-refractivity contribution in [3.05, 3.63) is 65.9 Å². The minimum atomic E-state index is -4.53. The van der Waals surface area contributed by atoms with Crippen LogP contribution in [0.3, 0.4) is 0 Å². The van der Waals surface area contributed by atoms with Gasteiger partial charge >= 0.3 is 6.18 Å². The van der Waals surface area contributed by atoms with Crippen molar-refractivity contribution in [2.45, 2.75) is 19.1 Å². The summed E-state index contributed by atoms with van der Waals surface area (Å²) in [4.78, 5) is 14.0. The van der Waals surface area contributed by atoms with Gasteiger partial charge in [0.15, 0.2) is 0 Å². The number of hydrogen-bond donors (Lipinski definition) is 1. The number of alkyl halides is 3. The van der Waals surface area contributed by atoms with Gasteiger partial charge in [-0.25, -0.2) is 0 Å². The first-order valence-electron chi connectivity index (χ1n) is 8.40. The normalized spacial score (nSPS) is 13.1. The molecule has 0 aliphatic heterocycles. The quantitative estimate of drug-likeness (QED) is 0.675. The Balaban J connectivity index is 1.69. The third kappa shape index (κ3) is 4.31. The highest BCUT2D eigenvalue weighted by Crippen LogP contribution is 2.34. The van der Waals surface area contributed by atoms with Crippen LogP contribution in [0.15, 0.2) is 59.0 Å². The van der Waals surface area contributed by atoms with Crippen LogP contribution in [0.4, 0.5) is 18.9 Å². The van der Waals surface area contributed by atoms with Crippen LogP contribution < -0.4 is 5.32 Å². The van der Waals surface area contributed by atoms with E-state index in [4.69, 9.17) is 4.42 Å². The van der Waals surface area contributed by atoms with Crippen molar-refractivity contribution in [1.82, 2.24) is 4.90 Å². The van der Waals surface area contributed by atoms with Gasteiger partial charge < -0.3 is 9.73 Å². The van der Waals surface area contributed by atoms with Gasteiger partial charge in [-0.15, -0.1) is 0 Å². The maximum Gasteiger partial charge on any atom is 0.418 e. The van der Waals surface area contributed by atoms with E-state index in [2.05, 4.69) is 5.32 Å². The number of nitrogens with zero attached hydrogens (tertiary/aromatic N) is 1. The molecular weight excluding hydrogens is 357 g/mol. The van der Waals surface area contributed by atoms with E-state index in [0.29, 0.717) is 5.76 Å². The molecule has 1 aromatic heterocycles. The Kier molecular flexibility index (Phi) is 5.23. The first kappa shape index (κ1) is 19.0. The van der Waals surface area contributed by atoms with Gasteiger partial charge in [0.05, 0.1) is 23.8 Å². The average Bonchev–Trinajstić information content (AvgIpc) is 3.04. The molecule has 142 valence electrons. The molecule has 1 N–H and O–H groups in total. The van der Waals surface area contributed by atoms with Crippen molar-refractivity contribution in [2.24, 2.45) is 0 Å². The van der Waals surface area contributed by atoms with Gasteiger partial charge in [0.2, 0.25) is 5.91 Å². The van der Waals surface area contributed by atoms with Crippen LogP contribution in [-0.4, -0.2) is 24.4 Å². The summed E-state index contributed by atoms with van der Waals surface area (Å²) in [6.07, 6.45) is -4.53. The highest BCUT2D eigenvalue weighted by molar-refractivity contribution is 5.93. The second kappa shape index (κ2) is 7.44. The lowest BCUT2D eigenvalue weighted by atomic mass is 10.1. The molecule has 0 spiro atoms. The van der Waals surface area contributed by atoms with E-state index in [0.717, 1.165) is 17.0 Å². The van der Waals surface area contributed by atoms with E-state index in [1.807, 2.05) is 37.3 Å². The lowest BCUT2D eigenvalue weighted by Gasteiger charge is -2.22. The van der Waals surface area contributed by atoms with Crippen LogP contribution >= 0.6 is 0 Å². The fraction of sp³-hybridized carbons (Fsp3) is 0.250. The smallest absolute Gasteiger partial charge is 0.418 e. The number of likely N-dealkylation sites (N-methyl/N-ethyl adjacent to an activating group) is 1. The highest BCUT2D eigenvalue weighted by atomic mass is 19.4. The largest absolute Gasteiger partial charge is 0.459 e. The number of hydrogen-bond acceptors (Lipinski definition) is 3. The SMILES string of the molecule is CC(c1cc2ccccc2o1)N(C)CC(=O)Nc1ccccc1C(F)(F)F. The zero-order chi connectivity index (χ0) is 19.6. The molecule has 0 fully saturated rings. The number of halogens is 3. The zero-order valence-corrected chi connectivity index (χ0v) is 14.9. The van der Waals surface area contributed by atoms with E-state index >= 15 is 0 Å². The Morgan fingerprint density at radius 3 is 2.52 bits per heavy atom. The van der Waals surface area contributed by atoms with Crippen molar-refractivity contribution >= 4 is 22.6 Å². The molecule has 27 heavy (non-hydrogen) atoms. The number of rotatable bonds is 5. The number of para-hydroxylation sites is 2. The van der Waals surface area contributed by atoms with E-state index in [1.165, 1.54) is 18.2 Å². The van der Waals surface area contributed by atoms with Crippen LogP contribution in [0.2, 0.25) is 0 Å². The molecule has 0 bridgehead atoms. The standard InChI is InChI=1S/C20H19F3N2O2/c1-13(18-11-14-7-3-6-10-17(14)27-18)25(2)12-19(26)24-16-9-5-4-8-15(16)20(21,22)23/h3-11,13H,12H2,1-2H3,(H,24,26). The first-order chi connectivity index (χ1) is 12.8. The minimum Gasteiger partial charge on any atom is -0.459 e. The molecule has 1 heterocycles. The number of carbonyl (C=O) groups excluding carboxylic acids is 1. The number of furan rings is 1. The van der Waals surface area contributed by atoms with E-state index < -0.39 is 17.6 Å². The van der Waals surface area contributed by atoms with Gasteiger partial charge in [0.25, 0.3) is 0 Å². The topological polar surface area (TPSA) is 45.5 Å². The predicted octanol–water partition coefficient (Wildman–Crippen LogP) is 5.08. The molecule has 7 heteroatoms. The van der Waals surface area contributed by atoms with Gasteiger partial charge in [-0.3, -0.25) is 9.69 Å². The van der Waals surface area contributed by atoms with Gasteiger partial charge in [-0.2, -0.15) is 13.2 Å². The molecule has 0 aliphatic rings. The average molecular weight is 376 g/mol. The predicted molar refractivity (Wildman–Crippen MR) is 97.3 cm³/mol. The molecule has 0 saturated carbocycles. The molecule has 3 aromatic rings. The lowest BCUT2D eigenvalue weighted by Crippen LogP contribution is -2.32. The van der Waals surface area contributed by atoms with Crippen molar-refractivity contribution in [3.8, 4) is 0 Å². The third-order valence-corrected chi connectivity index (χ3v) is 4.42.